The van der Waals surface area contributed by atoms with Gasteiger partial charge in [-0.1, -0.05) is 45.7 Å². The van der Waals surface area contributed by atoms with E-state index in [-0.39, 0.29) is 0 Å². The number of hydrogen-bond acceptors (Lipinski definition) is 2. The fourth-order valence-electron chi connectivity index (χ4n) is 1.58. The highest BCUT2D eigenvalue weighted by Crippen LogP contribution is 2.25. The molecule has 0 aliphatic rings. The molecule has 2 nitrogen and oxygen atoms in total. The molecule has 18 heavy (non-hydrogen) atoms. The molecule has 1 N–H and O–H groups in total. The zero-order chi connectivity index (χ0) is 13.5. The van der Waals surface area contributed by atoms with Crippen molar-refractivity contribution >= 4 is 31.9 Å². The largest absolute Gasteiger partial charge is 0.380 e. The lowest BCUT2D eigenvalue weighted by atomic mass is 10.1. The monoisotopic (exact) mass is 377 g/mol. The molecule has 0 aliphatic carbocycles. The van der Waals surface area contributed by atoms with Gasteiger partial charge < -0.3 is 10.1 Å². The molecule has 1 aromatic rings. The Kier molecular flexibility index (Phi) is 7.46. The van der Waals surface area contributed by atoms with E-state index in [9.17, 15) is 0 Å². The number of benzene rings is 1. The molecular formula is C14H21Br2NO. The van der Waals surface area contributed by atoms with Crippen LogP contribution in [0.3, 0.4) is 0 Å². The Bertz CT molecular complexity index is 380. The number of aryl methyl sites for hydroxylation is 1. The molecule has 1 aromatic carbocycles. The van der Waals surface area contributed by atoms with Crippen LogP contribution in [0.2, 0.25) is 0 Å². The van der Waals surface area contributed by atoms with Crippen molar-refractivity contribution in [2.24, 2.45) is 0 Å². The van der Waals surface area contributed by atoms with Crippen LogP contribution in [0.5, 0.6) is 0 Å². The fourth-order valence-corrected chi connectivity index (χ4v) is 2.63. The van der Waals surface area contributed by atoms with Gasteiger partial charge in [0, 0.05) is 21.5 Å². The molecule has 102 valence electrons. The minimum absolute atomic E-state index is 0.524. The number of rotatable bonds is 7. The summed E-state index contributed by atoms with van der Waals surface area (Å²) < 4.78 is 7.93. The van der Waals surface area contributed by atoms with E-state index >= 15 is 0 Å². The number of nitrogens with one attached hydrogen (secondary N) is 1. The van der Waals surface area contributed by atoms with Gasteiger partial charge in [-0.05, 0) is 36.6 Å². The van der Waals surface area contributed by atoms with Crippen LogP contribution < -0.4 is 5.32 Å². The zero-order valence-corrected chi connectivity index (χ0v) is 14.4. The number of hydrogen-bond donors (Lipinski definition) is 1. The van der Waals surface area contributed by atoms with Crippen LogP contribution >= 0.6 is 31.9 Å². The Morgan fingerprint density at radius 3 is 2.56 bits per heavy atom. The van der Waals surface area contributed by atoms with E-state index in [1.165, 1.54) is 11.1 Å². The molecule has 0 saturated heterocycles. The lowest BCUT2D eigenvalue weighted by molar-refractivity contribution is 0.137. The van der Waals surface area contributed by atoms with Gasteiger partial charge in [-0.2, -0.15) is 0 Å². The van der Waals surface area contributed by atoms with Gasteiger partial charge in [0.15, 0.2) is 0 Å². The summed E-state index contributed by atoms with van der Waals surface area (Å²) >= 11 is 7.15. The molecule has 0 atom stereocenters. The average Bonchev–Trinajstić information content (AvgIpc) is 2.29. The van der Waals surface area contributed by atoms with E-state index in [4.69, 9.17) is 4.74 Å². The van der Waals surface area contributed by atoms with Crippen molar-refractivity contribution in [1.29, 1.82) is 0 Å². The Morgan fingerprint density at radius 1 is 1.17 bits per heavy atom. The van der Waals surface area contributed by atoms with Gasteiger partial charge in [0.2, 0.25) is 0 Å². The van der Waals surface area contributed by atoms with E-state index in [0.29, 0.717) is 6.04 Å². The van der Waals surface area contributed by atoms with Crippen molar-refractivity contribution in [3.8, 4) is 0 Å². The maximum absolute atomic E-state index is 5.61. The van der Waals surface area contributed by atoms with Gasteiger partial charge in [-0.25, -0.2) is 0 Å². The summed E-state index contributed by atoms with van der Waals surface area (Å²) in [6.07, 6.45) is 0.932. The van der Waals surface area contributed by atoms with Crippen molar-refractivity contribution in [2.45, 2.75) is 33.2 Å². The SMILES string of the molecule is Cc1cc(Br)c(CCOCCNC(C)C)cc1Br. The van der Waals surface area contributed by atoms with Gasteiger partial charge in [0.05, 0.1) is 13.2 Å². The quantitative estimate of drug-likeness (QED) is 0.722. The number of ether oxygens (including phenoxy) is 1. The third kappa shape index (κ3) is 5.83. The minimum atomic E-state index is 0.524. The third-order valence-electron chi connectivity index (χ3n) is 2.64. The molecular weight excluding hydrogens is 358 g/mol. The topological polar surface area (TPSA) is 21.3 Å². The van der Waals surface area contributed by atoms with E-state index in [1.54, 1.807) is 0 Å². The molecule has 0 spiro atoms. The van der Waals surface area contributed by atoms with Gasteiger partial charge in [0.1, 0.15) is 0 Å². The molecule has 0 fully saturated rings. The first-order chi connectivity index (χ1) is 8.50. The summed E-state index contributed by atoms with van der Waals surface area (Å²) in [7, 11) is 0. The molecule has 0 heterocycles. The second kappa shape index (κ2) is 8.31. The molecule has 1 rings (SSSR count). The minimum Gasteiger partial charge on any atom is -0.380 e. The summed E-state index contributed by atoms with van der Waals surface area (Å²) in [6, 6.07) is 4.82. The molecule has 0 aliphatic heterocycles. The standard InChI is InChI=1S/C14H21Br2NO/c1-10(2)17-5-7-18-6-4-12-9-13(15)11(3)8-14(12)16/h8-10,17H,4-7H2,1-3H3. The highest BCUT2D eigenvalue weighted by atomic mass is 79.9. The maximum Gasteiger partial charge on any atom is 0.0591 e. The fraction of sp³-hybridized carbons (Fsp3) is 0.571. The normalized spacial score (nSPS) is 11.2. The lowest BCUT2D eigenvalue weighted by Gasteiger charge is -2.10. The first kappa shape index (κ1) is 16.2. The molecule has 0 bridgehead atoms. The van der Waals surface area contributed by atoms with Crippen LogP contribution in [0.4, 0.5) is 0 Å². The Morgan fingerprint density at radius 2 is 1.89 bits per heavy atom. The Balaban J connectivity index is 2.29. The summed E-state index contributed by atoms with van der Waals surface area (Å²) in [5.41, 5.74) is 2.52. The van der Waals surface area contributed by atoms with Crippen LogP contribution in [0.15, 0.2) is 21.1 Å². The van der Waals surface area contributed by atoms with Crippen molar-refractivity contribution in [3.05, 3.63) is 32.2 Å². The Hall–Kier alpha value is 0.1000. The van der Waals surface area contributed by atoms with Crippen molar-refractivity contribution < 1.29 is 4.74 Å². The highest BCUT2D eigenvalue weighted by Gasteiger charge is 2.04. The molecule has 0 aromatic heterocycles. The van der Waals surface area contributed by atoms with E-state index in [0.717, 1.165) is 35.1 Å². The lowest BCUT2D eigenvalue weighted by Crippen LogP contribution is -2.26. The van der Waals surface area contributed by atoms with Gasteiger partial charge in [-0.3, -0.25) is 0 Å². The average molecular weight is 379 g/mol. The summed E-state index contributed by atoms with van der Waals surface area (Å²) in [5.74, 6) is 0. The number of halogens is 2. The predicted octanol–water partition coefficient (Wildman–Crippen LogP) is 4.08. The summed E-state index contributed by atoms with van der Waals surface area (Å²) in [4.78, 5) is 0. The van der Waals surface area contributed by atoms with Crippen LogP contribution in [0.1, 0.15) is 25.0 Å². The third-order valence-corrected chi connectivity index (χ3v) is 4.23. The first-order valence-corrected chi connectivity index (χ1v) is 7.85. The summed E-state index contributed by atoms with van der Waals surface area (Å²) in [5, 5.41) is 3.33. The van der Waals surface area contributed by atoms with Crippen LogP contribution in [0, 0.1) is 6.92 Å². The van der Waals surface area contributed by atoms with Crippen LogP contribution in [-0.4, -0.2) is 25.8 Å². The van der Waals surface area contributed by atoms with Gasteiger partial charge in [0.25, 0.3) is 0 Å². The molecule has 0 unspecified atom stereocenters. The van der Waals surface area contributed by atoms with Gasteiger partial charge >= 0.3 is 0 Å². The van der Waals surface area contributed by atoms with Gasteiger partial charge in [-0.15, -0.1) is 0 Å². The molecule has 0 saturated carbocycles. The van der Waals surface area contributed by atoms with E-state index in [1.807, 2.05) is 0 Å². The predicted molar refractivity (Wildman–Crippen MR) is 84.2 cm³/mol. The first-order valence-electron chi connectivity index (χ1n) is 6.26. The van der Waals surface area contributed by atoms with Crippen LogP contribution in [0.25, 0.3) is 0 Å². The Labute approximate surface area is 127 Å². The maximum atomic E-state index is 5.61. The second-order valence-electron chi connectivity index (χ2n) is 4.66. The smallest absolute Gasteiger partial charge is 0.0591 e. The van der Waals surface area contributed by atoms with E-state index in [2.05, 4.69) is 70.1 Å². The van der Waals surface area contributed by atoms with E-state index < -0.39 is 0 Å². The van der Waals surface area contributed by atoms with Crippen molar-refractivity contribution in [3.63, 3.8) is 0 Å². The molecule has 0 radical (unpaired) electrons. The zero-order valence-electron chi connectivity index (χ0n) is 11.2. The van der Waals surface area contributed by atoms with Crippen LogP contribution in [-0.2, 0) is 11.2 Å². The summed E-state index contributed by atoms with van der Waals surface area (Å²) in [6.45, 7) is 8.81. The second-order valence-corrected chi connectivity index (χ2v) is 6.37. The van der Waals surface area contributed by atoms with Crippen molar-refractivity contribution in [2.75, 3.05) is 19.8 Å². The molecule has 0 amide bonds. The van der Waals surface area contributed by atoms with Crippen molar-refractivity contribution in [1.82, 2.24) is 5.32 Å². The highest BCUT2D eigenvalue weighted by molar-refractivity contribution is 9.11. The molecule has 4 heteroatoms.